The summed E-state index contributed by atoms with van der Waals surface area (Å²) < 4.78 is 14.5. The molecule has 0 atom stereocenters. The molecule has 1 aliphatic carbocycles. The molecule has 0 N–H and O–H groups in total. The fraction of sp³-hybridized carbons (Fsp3) is 0.562. The molecule has 1 aliphatic heterocycles. The van der Waals surface area contributed by atoms with E-state index in [1.165, 1.54) is 0 Å². The van der Waals surface area contributed by atoms with Gasteiger partial charge in [0, 0.05) is 24.6 Å². The van der Waals surface area contributed by atoms with Gasteiger partial charge in [-0.15, -0.1) is 0 Å². The normalized spacial score (nSPS) is 18.6. The third kappa shape index (κ3) is 2.26. The zero-order valence-corrected chi connectivity index (χ0v) is 11.6. The number of carbonyl (C=O) groups is 1. The van der Waals surface area contributed by atoms with Crippen LogP contribution in [0, 0.1) is 11.7 Å². The summed E-state index contributed by atoms with van der Waals surface area (Å²) in [5.41, 5.74) is 2.58. The molecule has 0 radical (unpaired) electrons. The zero-order chi connectivity index (χ0) is 13.6. The number of hydrogen-bond acceptors (Lipinski definition) is 1. The first-order chi connectivity index (χ1) is 9.08. The van der Waals surface area contributed by atoms with E-state index in [1.54, 1.807) is 0 Å². The number of amides is 1. The van der Waals surface area contributed by atoms with Crippen molar-refractivity contribution in [3.8, 4) is 0 Å². The first-order valence-corrected chi connectivity index (χ1v) is 7.17. The van der Waals surface area contributed by atoms with Crippen LogP contribution in [0.2, 0.25) is 0 Å². The number of halogens is 1. The van der Waals surface area contributed by atoms with Crippen molar-refractivity contribution in [1.29, 1.82) is 0 Å². The van der Waals surface area contributed by atoms with Crippen molar-refractivity contribution in [2.45, 2.75) is 45.6 Å². The predicted molar refractivity (Wildman–Crippen MR) is 72.3 cm³/mol. The summed E-state index contributed by atoms with van der Waals surface area (Å²) in [6.07, 6.45) is 2.80. The van der Waals surface area contributed by atoms with E-state index in [9.17, 15) is 9.18 Å². The van der Waals surface area contributed by atoms with E-state index in [0.29, 0.717) is 6.54 Å². The minimum absolute atomic E-state index is 0.0965. The van der Waals surface area contributed by atoms with Gasteiger partial charge in [0.2, 0.25) is 5.91 Å². The van der Waals surface area contributed by atoms with Crippen LogP contribution in [-0.4, -0.2) is 17.4 Å². The lowest BCUT2D eigenvalue weighted by Crippen LogP contribution is -2.37. The number of hydrogen-bond donors (Lipinski definition) is 0. The highest BCUT2D eigenvalue weighted by Crippen LogP contribution is 2.34. The van der Waals surface area contributed by atoms with Crippen LogP contribution in [0.5, 0.6) is 0 Å². The number of nitrogens with zero attached hydrogens (tertiary/aromatic N) is 1. The van der Waals surface area contributed by atoms with Crippen molar-refractivity contribution in [3.05, 3.63) is 34.6 Å². The molecule has 0 unspecified atom stereocenters. The first-order valence-electron chi connectivity index (χ1n) is 7.17. The molecule has 102 valence electrons. The van der Waals surface area contributed by atoms with Gasteiger partial charge in [-0.3, -0.25) is 4.79 Å². The fourth-order valence-corrected chi connectivity index (χ4v) is 2.83. The Morgan fingerprint density at radius 2 is 2.11 bits per heavy atom. The van der Waals surface area contributed by atoms with Gasteiger partial charge in [0.05, 0.1) is 0 Å². The molecule has 19 heavy (non-hydrogen) atoms. The van der Waals surface area contributed by atoms with Crippen LogP contribution in [0.1, 0.15) is 49.3 Å². The zero-order valence-electron chi connectivity index (χ0n) is 11.6. The Balaban J connectivity index is 1.89. The van der Waals surface area contributed by atoms with Crippen molar-refractivity contribution in [3.63, 3.8) is 0 Å². The number of carbonyl (C=O) groups excluding carboxylic acids is 1. The molecule has 2 aliphatic rings. The van der Waals surface area contributed by atoms with Gasteiger partial charge in [0.15, 0.2) is 0 Å². The monoisotopic (exact) mass is 261 g/mol. The number of benzene rings is 1. The lowest BCUT2D eigenvalue weighted by atomic mass is 9.92. The van der Waals surface area contributed by atoms with Gasteiger partial charge in [-0.05, 0) is 36.3 Å². The van der Waals surface area contributed by atoms with E-state index < -0.39 is 0 Å². The first kappa shape index (κ1) is 12.6. The molecule has 3 rings (SSSR count). The Hall–Kier alpha value is -1.38. The molecule has 1 heterocycles. The van der Waals surface area contributed by atoms with Crippen LogP contribution in [0.25, 0.3) is 0 Å². The van der Waals surface area contributed by atoms with E-state index in [0.717, 1.165) is 42.5 Å². The Morgan fingerprint density at radius 3 is 2.74 bits per heavy atom. The predicted octanol–water partition coefficient (Wildman–Crippen LogP) is 3.24. The molecular weight excluding hydrogens is 241 g/mol. The molecule has 0 spiro atoms. The van der Waals surface area contributed by atoms with Crippen LogP contribution in [-0.2, 0) is 17.8 Å². The summed E-state index contributed by atoms with van der Waals surface area (Å²) in [5.74, 6) is 0.526. The van der Waals surface area contributed by atoms with Crippen LogP contribution in [0.3, 0.4) is 0 Å². The second-order valence-electron chi connectivity index (χ2n) is 6.05. The lowest BCUT2D eigenvalue weighted by Gasteiger charge is -2.30. The highest BCUT2D eigenvalue weighted by Gasteiger charge is 2.35. The van der Waals surface area contributed by atoms with Crippen LogP contribution < -0.4 is 0 Å². The molecule has 1 amide bonds. The standard InChI is InChI=1S/C16H20FNO/c1-10(2)13-6-5-11-7-8-18(9-14(11)15(13)17)16(19)12-3-4-12/h5-6,10,12H,3-4,7-9H2,1-2H3. The minimum atomic E-state index is -0.0965. The van der Waals surface area contributed by atoms with E-state index in [-0.39, 0.29) is 23.6 Å². The highest BCUT2D eigenvalue weighted by atomic mass is 19.1. The highest BCUT2D eigenvalue weighted by molar-refractivity contribution is 5.81. The maximum Gasteiger partial charge on any atom is 0.225 e. The average molecular weight is 261 g/mol. The summed E-state index contributed by atoms with van der Waals surface area (Å²) in [6.45, 7) is 5.20. The van der Waals surface area contributed by atoms with Crippen molar-refractivity contribution in [2.75, 3.05) is 6.54 Å². The largest absolute Gasteiger partial charge is 0.338 e. The molecule has 1 aromatic rings. The van der Waals surface area contributed by atoms with E-state index in [4.69, 9.17) is 0 Å². The second kappa shape index (κ2) is 4.62. The molecule has 2 nitrogen and oxygen atoms in total. The third-order valence-corrected chi connectivity index (χ3v) is 4.23. The molecule has 1 aromatic carbocycles. The Bertz CT molecular complexity index is 520. The van der Waals surface area contributed by atoms with Gasteiger partial charge < -0.3 is 4.90 Å². The minimum Gasteiger partial charge on any atom is -0.338 e. The molecule has 1 saturated carbocycles. The quantitative estimate of drug-likeness (QED) is 0.800. The van der Waals surface area contributed by atoms with Crippen molar-refractivity contribution < 1.29 is 9.18 Å². The van der Waals surface area contributed by atoms with E-state index >= 15 is 0 Å². The van der Waals surface area contributed by atoms with E-state index in [1.807, 2.05) is 30.9 Å². The lowest BCUT2D eigenvalue weighted by molar-refractivity contribution is -0.133. The summed E-state index contributed by atoms with van der Waals surface area (Å²) in [6, 6.07) is 3.93. The third-order valence-electron chi connectivity index (χ3n) is 4.23. The van der Waals surface area contributed by atoms with Crippen LogP contribution in [0.4, 0.5) is 4.39 Å². The number of rotatable bonds is 2. The smallest absolute Gasteiger partial charge is 0.225 e. The second-order valence-corrected chi connectivity index (χ2v) is 6.05. The van der Waals surface area contributed by atoms with Gasteiger partial charge in [0.1, 0.15) is 5.82 Å². The maximum absolute atomic E-state index is 14.5. The molecule has 3 heteroatoms. The maximum atomic E-state index is 14.5. The van der Waals surface area contributed by atoms with E-state index in [2.05, 4.69) is 0 Å². The molecule has 0 saturated heterocycles. The Labute approximate surface area is 113 Å². The molecule has 0 aromatic heterocycles. The van der Waals surface area contributed by atoms with Crippen molar-refractivity contribution in [1.82, 2.24) is 4.90 Å². The van der Waals surface area contributed by atoms with Gasteiger partial charge in [-0.25, -0.2) is 4.39 Å². The Kier molecular flexibility index (Phi) is 3.08. The summed E-state index contributed by atoms with van der Waals surface area (Å²) in [5, 5.41) is 0. The summed E-state index contributed by atoms with van der Waals surface area (Å²) in [7, 11) is 0. The molecular formula is C16H20FNO. The van der Waals surface area contributed by atoms with Gasteiger partial charge in [-0.2, -0.15) is 0 Å². The van der Waals surface area contributed by atoms with Crippen LogP contribution in [0.15, 0.2) is 12.1 Å². The average Bonchev–Trinajstić information content (AvgIpc) is 3.22. The van der Waals surface area contributed by atoms with Crippen molar-refractivity contribution >= 4 is 5.91 Å². The van der Waals surface area contributed by atoms with Crippen LogP contribution >= 0.6 is 0 Å². The molecule has 1 fully saturated rings. The van der Waals surface area contributed by atoms with Crippen molar-refractivity contribution in [2.24, 2.45) is 5.92 Å². The molecule has 0 bridgehead atoms. The summed E-state index contributed by atoms with van der Waals surface area (Å²) >= 11 is 0. The Morgan fingerprint density at radius 1 is 1.37 bits per heavy atom. The number of fused-ring (bicyclic) bond motifs is 1. The SMILES string of the molecule is CC(C)c1ccc2c(c1F)CN(C(=O)C1CC1)CC2. The summed E-state index contributed by atoms with van der Waals surface area (Å²) in [4.78, 5) is 13.9. The fourth-order valence-electron chi connectivity index (χ4n) is 2.83. The van der Waals surface area contributed by atoms with Gasteiger partial charge >= 0.3 is 0 Å². The topological polar surface area (TPSA) is 20.3 Å². The van der Waals surface area contributed by atoms with Gasteiger partial charge in [-0.1, -0.05) is 26.0 Å². The van der Waals surface area contributed by atoms with Gasteiger partial charge in [0.25, 0.3) is 0 Å².